The minimum Gasteiger partial charge on any atom is -0.354 e. The minimum absolute atomic E-state index is 0.205. The fraction of sp³-hybridized carbons (Fsp3) is 0.450. The lowest BCUT2D eigenvalue weighted by Gasteiger charge is -2.20. The van der Waals surface area contributed by atoms with Gasteiger partial charge in [-0.25, -0.2) is 0 Å². The van der Waals surface area contributed by atoms with E-state index in [1.807, 2.05) is 31.6 Å². The molecule has 2 aromatic rings. The molecule has 0 fully saturated rings. The molecule has 6 nitrogen and oxygen atoms in total. The Labute approximate surface area is 175 Å². The number of aryl methyl sites for hydroxylation is 2. The summed E-state index contributed by atoms with van der Waals surface area (Å²) in [7, 11) is 0. The summed E-state index contributed by atoms with van der Waals surface area (Å²) in [5, 5.41) is 10.6. The van der Waals surface area contributed by atoms with E-state index in [-0.39, 0.29) is 16.8 Å². The molecule has 8 heteroatoms. The predicted molar refractivity (Wildman–Crippen MR) is 112 cm³/mol. The zero-order chi connectivity index (χ0) is 20.7. The molecule has 0 spiro atoms. The van der Waals surface area contributed by atoms with E-state index in [0.717, 1.165) is 18.5 Å². The summed E-state index contributed by atoms with van der Waals surface area (Å²) in [4.78, 5) is 25.2. The number of nitrogens with zero attached hydrogens (tertiary/aromatic N) is 2. The number of carbonyl (C=O) groups excluding carboxylic acids is 2. The standard InChI is InChI=1S/C20H26Cl2N4O2/c1-13(2)9-18(25-19(27)16-6-5-15(21)10-17(16)22)20(28)23-7-4-8-26-12-14(3)11-24-26/h5-6,10-13,18H,4,7-9H2,1-3H3,(H,23,28)(H,25,27). The quantitative estimate of drug-likeness (QED) is 0.600. The Kier molecular flexibility index (Phi) is 8.33. The average molecular weight is 425 g/mol. The number of carbonyl (C=O) groups is 2. The Balaban J connectivity index is 1.91. The highest BCUT2D eigenvalue weighted by atomic mass is 35.5. The molecule has 0 saturated carbocycles. The first-order valence-corrected chi connectivity index (χ1v) is 10.0. The summed E-state index contributed by atoms with van der Waals surface area (Å²) < 4.78 is 1.84. The number of nitrogens with one attached hydrogen (secondary N) is 2. The number of amides is 2. The third-order valence-electron chi connectivity index (χ3n) is 4.13. The number of rotatable bonds is 9. The summed E-state index contributed by atoms with van der Waals surface area (Å²) >= 11 is 12.0. The molecule has 0 aliphatic carbocycles. The Bertz CT molecular complexity index is 820. The van der Waals surface area contributed by atoms with Crippen molar-refractivity contribution in [3.63, 3.8) is 0 Å². The summed E-state index contributed by atoms with van der Waals surface area (Å²) in [5.41, 5.74) is 1.39. The lowest BCUT2D eigenvalue weighted by Crippen LogP contribution is -2.47. The third-order valence-corrected chi connectivity index (χ3v) is 4.68. The Morgan fingerprint density at radius 2 is 2.00 bits per heavy atom. The number of aromatic nitrogens is 2. The van der Waals surface area contributed by atoms with Crippen molar-refractivity contribution in [1.29, 1.82) is 0 Å². The second-order valence-corrected chi connectivity index (χ2v) is 8.05. The fourth-order valence-corrected chi connectivity index (χ4v) is 3.27. The Morgan fingerprint density at radius 1 is 1.25 bits per heavy atom. The molecule has 1 aromatic carbocycles. The van der Waals surface area contributed by atoms with Gasteiger partial charge in [-0.15, -0.1) is 0 Å². The summed E-state index contributed by atoms with van der Waals surface area (Å²) in [6.07, 6.45) is 5.04. The van der Waals surface area contributed by atoms with E-state index in [2.05, 4.69) is 15.7 Å². The van der Waals surface area contributed by atoms with Crippen LogP contribution in [0.3, 0.4) is 0 Å². The van der Waals surface area contributed by atoms with Crippen molar-refractivity contribution in [3.05, 3.63) is 51.8 Å². The van der Waals surface area contributed by atoms with Crippen LogP contribution in [0, 0.1) is 12.8 Å². The second-order valence-electron chi connectivity index (χ2n) is 7.21. The summed E-state index contributed by atoms with van der Waals surface area (Å²) in [5.74, 6) is -0.359. The molecular weight excluding hydrogens is 399 g/mol. The van der Waals surface area contributed by atoms with Crippen molar-refractivity contribution in [3.8, 4) is 0 Å². The van der Waals surface area contributed by atoms with Gasteiger partial charge in [-0.2, -0.15) is 5.10 Å². The monoisotopic (exact) mass is 424 g/mol. The Morgan fingerprint density at radius 3 is 2.61 bits per heavy atom. The highest BCUT2D eigenvalue weighted by molar-refractivity contribution is 6.36. The molecule has 2 rings (SSSR count). The van der Waals surface area contributed by atoms with Crippen LogP contribution in [0.5, 0.6) is 0 Å². The van der Waals surface area contributed by atoms with Gasteiger partial charge in [-0.1, -0.05) is 37.0 Å². The van der Waals surface area contributed by atoms with Gasteiger partial charge in [0.2, 0.25) is 5.91 Å². The molecule has 2 amide bonds. The maximum atomic E-state index is 12.6. The predicted octanol–water partition coefficient (Wildman–Crippen LogP) is 3.85. The molecule has 152 valence electrons. The number of halogens is 2. The van der Waals surface area contributed by atoms with Crippen molar-refractivity contribution in [2.75, 3.05) is 6.54 Å². The van der Waals surface area contributed by atoms with Crippen LogP contribution in [0.25, 0.3) is 0 Å². The molecular formula is C20H26Cl2N4O2. The van der Waals surface area contributed by atoms with Crippen LogP contribution in [0.15, 0.2) is 30.6 Å². The molecule has 2 N–H and O–H groups in total. The highest BCUT2D eigenvalue weighted by Gasteiger charge is 2.23. The van der Waals surface area contributed by atoms with Crippen LogP contribution in [0.4, 0.5) is 0 Å². The lowest BCUT2D eigenvalue weighted by molar-refractivity contribution is -0.123. The van der Waals surface area contributed by atoms with E-state index >= 15 is 0 Å². The van der Waals surface area contributed by atoms with Gasteiger partial charge in [-0.05, 0) is 49.4 Å². The second kappa shape index (κ2) is 10.5. The fourth-order valence-electron chi connectivity index (χ4n) is 2.78. The van der Waals surface area contributed by atoms with Crippen molar-refractivity contribution in [1.82, 2.24) is 20.4 Å². The zero-order valence-electron chi connectivity index (χ0n) is 16.3. The molecule has 1 heterocycles. The molecule has 1 aromatic heterocycles. The van der Waals surface area contributed by atoms with Crippen molar-refractivity contribution in [2.24, 2.45) is 5.92 Å². The summed E-state index contributed by atoms with van der Waals surface area (Å²) in [6.45, 7) is 7.21. The molecule has 0 radical (unpaired) electrons. The first-order valence-electron chi connectivity index (χ1n) is 9.29. The molecule has 1 atom stereocenters. The molecule has 1 unspecified atom stereocenters. The van der Waals surface area contributed by atoms with E-state index in [1.54, 1.807) is 18.3 Å². The van der Waals surface area contributed by atoms with Gasteiger partial charge in [0, 0.05) is 24.3 Å². The maximum Gasteiger partial charge on any atom is 0.253 e. The number of hydrogen-bond donors (Lipinski definition) is 2. The van der Waals surface area contributed by atoms with Crippen molar-refractivity contribution in [2.45, 2.75) is 46.2 Å². The molecule has 0 aliphatic rings. The maximum absolute atomic E-state index is 12.6. The summed E-state index contributed by atoms with van der Waals surface area (Å²) in [6, 6.07) is 4.02. The first kappa shape index (κ1) is 22.2. The highest BCUT2D eigenvalue weighted by Crippen LogP contribution is 2.21. The molecule has 0 aliphatic heterocycles. The lowest BCUT2D eigenvalue weighted by atomic mass is 10.0. The van der Waals surface area contributed by atoms with Crippen LogP contribution in [-0.4, -0.2) is 34.2 Å². The molecule has 0 saturated heterocycles. The van der Waals surface area contributed by atoms with Crippen LogP contribution in [0.1, 0.15) is 42.6 Å². The van der Waals surface area contributed by atoms with Gasteiger partial charge >= 0.3 is 0 Å². The largest absolute Gasteiger partial charge is 0.354 e. The normalized spacial score (nSPS) is 12.1. The smallest absolute Gasteiger partial charge is 0.253 e. The van der Waals surface area contributed by atoms with Gasteiger partial charge < -0.3 is 10.6 Å². The van der Waals surface area contributed by atoms with Crippen LogP contribution >= 0.6 is 23.2 Å². The van der Waals surface area contributed by atoms with Crippen LogP contribution < -0.4 is 10.6 Å². The van der Waals surface area contributed by atoms with E-state index in [9.17, 15) is 9.59 Å². The van der Waals surface area contributed by atoms with Gasteiger partial charge in [0.15, 0.2) is 0 Å². The number of benzene rings is 1. The van der Waals surface area contributed by atoms with Gasteiger partial charge in [-0.3, -0.25) is 14.3 Å². The number of hydrogen-bond acceptors (Lipinski definition) is 3. The van der Waals surface area contributed by atoms with Crippen LogP contribution in [-0.2, 0) is 11.3 Å². The van der Waals surface area contributed by atoms with Gasteiger partial charge in [0.1, 0.15) is 6.04 Å². The third kappa shape index (κ3) is 6.84. The molecule has 0 bridgehead atoms. The minimum atomic E-state index is -0.633. The first-order chi connectivity index (χ1) is 13.3. The van der Waals surface area contributed by atoms with Gasteiger partial charge in [0.25, 0.3) is 5.91 Å². The van der Waals surface area contributed by atoms with E-state index in [1.165, 1.54) is 6.07 Å². The van der Waals surface area contributed by atoms with Crippen LogP contribution in [0.2, 0.25) is 10.0 Å². The molecule has 28 heavy (non-hydrogen) atoms. The Hall–Kier alpha value is -2.05. The van der Waals surface area contributed by atoms with E-state index in [4.69, 9.17) is 23.2 Å². The van der Waals surface area contributed by atoms with Crippen molar-refractivity contribution >= 4 is 35.0 Å². The van der Waals surface area contributed by atoms with E-state index in [0.29, 0.717) is 23.6 Å². The SMILES string of the molecule is Cc1cnn(CCCNC(=O)C(CC(C)C)NC(=O)c2ccc(Cl)cc2Cl)c1. The van der Waals surface area contributed by atoms with Crippen molar-refractivity contribution < 1.29 is 9.59 Å². The van der Waals surface area contributed by atoms with E-state index < -0.39 is 11.9 Å². The van der Waals surface area contributed by atoms with Gasteiger partial charge in [0.05, 0.1) is 16.8 Å². The topological polar surface area (TPSA) is 76.0 Å². The zero-order valence-corrected chi connectivity index (χ0v) is 17.8. The average Bonchev–Trinajstić information content (AvgIpc) is 3.02.